The summed E-state index contributed by atoms with van der Waals surface area (Å²) < 4.78 is 5.52. The van der Waals surface area contributed by atoms with Crippen LogP contribution in [0.4, 0.5) is 5.69 Å². The Morgan fingerprint density at radius 3 is 2.62 bits per heavy atom. The Morgan fingerprint density at radius 2 is 1.85 bits per heavy atom. The number of carbonyl (C=O) groups is 1. The molecule has 132 valence electrons. The van der Waals surface area contributed by atoms with Gasteiger partial charge in [-0.1, -0.05) is 36.4 Å². The molecule has 0 heterocycles. The monoisotopic (exact) mass is 366 g/mol. The van der Waals surface area contributed by atoms with E-state index in [0.29, 0.717) is 11.4 Å². The number of anilines is 1. The van der Waals surface area contributed by atoms with Gasteiger partial charge in [-0.3, -0.25) is 10.1 Å². The van der Waals surface area contributed by atoms with Crippen molar-refractivity contribution in [2.45, 2.75) is 6.92 Å². The van der Waals surface area contributed by atoms with Crippen LogP contribution in [0, 0.1) is 6.92 Å². The van der Waals surface area contributed by atoms with Crippen LogP contribution in [0.25, 0.3) is 10.8 Å². The quantitative estimate of drug-likeness (QED) is 0.485. The maximum absolute atomic E-state index is 12.0. The van der Waals surface area contributed by atoms with E-state index in [1.807, 2.05) is 55.5 Å². The SMILES string of the molecule is Cc1ccc(NC(=S)NC(=O)COc2ccc3ccccc3c2)c(O)c1. The Kier molecular flexibility index (Phi) is 5.34. The first-order valence-corrected chi connectivity index (χ1v) is 8.44. The molecule has 0 aliphatic heterocycles. The number of carbonyl (C=O) groups excluding carboxylic acids is 1. The van der Waals surface area contributed by atoms with Gasteiger partial charge in [0.25, 0.3) is 5.91 Å². The number of phenolic OH excluding ortho intramolecular Hbond substituents is 1. The van der Waals surface area contributed by atoms with E-state index in [0.717, 1.165) is 16.3 Å². The Bertz CT molecular complexity index is 972. The second-order valence-electron chi connectivity index (χ2n) is 5.82. The zero-order chi connectivity index (χ0) is 18.5. The number of aromatic hydroxyl groups is 1. The normalized spacial score (nSPS) is 10.3. The van der Waals surface area contributed by atoms with Gasteiger partial charge in [0, 0.05) is 0 Å². The highest BCUT2D eigenvalue weighted by atomic mass is 32.1. The van der Waals surface area contributed by atoms with Crippen molar-refractivity contribution in [2.24, 2.45) is 0 Å². The standard InChI is InChI=1S/C20H18N2O3S/c1-13-6-9-17(18(23)10-13)21-20(26)22-19(24)12-25-16-8-7-14-4-2-3-5-15(14)11-16/h2-11,23H,12H2,1H3,(H2,21,22,24,26). The number of aryl methyl sites for hydroxylation is 1. The first-order chi connectivity index (χ1) is 12.5. The summed E-state index contributed by atoms with van der Waals surface area (Å²) >= 11 is 5.09. The Labute approximate surface area is 156 Å². The predicted octanol–water partition coefficient (Wildman–Crippen LogP) is 3.75. The average molecular weight is 366 g/mol. The Balaban J connectivity index is 1.53. The lowest BCUT2D eigenvalue weighted by Gasteiger charge is -2.12. The first kappa shape index (κ1) is 17.7. The molecule has 0 radical (unpaired) electrons. The third-order valence-corrected chi connectivity index (χ3v) is 3.95. The molecule has 0 saturated carbocycles. The first-order valence-electron chi connectivity index (χ1n) is 8.03. The lowest BCUT2D eigenvalue weighted by atomic mass is 10.1. The summed E-state index contributed by atoms with van der Waals surface area (Å²) in [5.41, 5.74) is 1.35. The lowest BCUT2D eigenvalue weighted by Crippen LogP contribution is -2.37. The number of fused-ring (bicyclic) bond motifs is 1. The molecular formula is C20H18N2O3S. The van der Waals surface area contributed by atoms with Crippen LogP contribution in [-0.4, -0.2) is 22.7 Å². The van der Waals surface area contributed by atoms with Crippen LogP contribution in [0.3, 0.4) is 0 Å². The predicted molar refractivity (Wildman–Crippen MR) is 107 cm³/mol. The van der Waals surface area contributed by atoms with Gasteiger partial charge < -0.3 is 15.2 Å². The summed E-state index contributed by atoms with van der Waals surface area (Å²) in [6, 6.07) is 18.7. The summed E-state index contributed by atoms with van der Waals surface area (Å²) in [7, 11) is 0. The van der Waals surface area contributed by atoms with Crippen molar-refractivity contribution in [1.29, 1.82) is 0 Å². The van der Waals surface area contributed by atoms with E-state index in [1.54, 1.807) is 12.1 Å². The van der Waals surface area contributed by atoms with Crippen molar-refractivity contribution in [3.05, 3.63) is 66.2 Å². The number of ether oxygens (including phenoxy) is 1. The van der Waals surface area contributed by atoms with Gasteiger partial charge >= 0.3 is 0 Å². The smallest absolute Gasteiger partial charge is 0.264 e. The zero-order valence-corrected chi connectivity index (χ0v) is 15.0. The summed E-state index contributed by atoms with van der Waals surface area (Å²) in [5.74, 6) is 0.283. The zero-order valence-electron chi connectivity index (χ0n) is 14.2. The van der Waals surface area contributed by atoms with Gasteiger partial charge in [-0.25, -0.2) is 0 Å². The van der Waals surface area contributed by atoms with Gasteiger partial charge in [0.1, 0.15) is 11.5 Å². The molecule has 0 bridgehead atoms. The van der Waals surface area contributed by atoms with E-state index >= 15 is 0 Å². The number of phenols is 1. The minimum atomic E-state index is -0.387. The van der Waals surface area contributed by atoms with E-state index in [4.69, 9.17) is 17.0 Å². The molecule has 6 heteroatoms. The molecule has 3 rings (SSSR count). The van der Waals surface area contributed by atoms with Gasteiger partial charge in [0.15, 0.2) is 11.7 Å². The topological polar surface area (TPSA) is 70.6 Å². The van der Waals surface area contributed by atoms with E-state index in [2.05, 4.69) is 10.6 Å². The minimum absolute atomic E-state index is 0.0639. The van der Waals surface area contributed by atoms with Crippen molar-refractivity contribution in [3.8, 4) is 11.5 Å². The molecule has 0 spiro atoms. The number of amides is 1. The third kappa shape index (κ3) is 4.49. The maximum Gasteiger partial charge on any atom is 0.264 e. The van der Waals surface area contributed by atoms with Crippen LogP contribution in [0.5, 0.6) is 11.5 Å². The van der Waals surface area contributed by atoms with Crippen LogP contribution in [0.2, 0.25) is 0 Å². The van der Waals surface area contributed by atoms with Gasteiger partial charge in [0.2, 0.25) is 0 Å². The highest BCUT2D eigenvalue weighted by molar-refractivity contribution is 7.80. The molecule has 1 amide bonds. The van der Waals surface area contributed by atoms with Crippen molar-refractivity contribution in [2.75, 3.05) is 11.9 Å². The minimum Gasteiger partial charge on any atom is -0.506 e. The molecule has 3 N–H and O–H groups in total. The van der Waals surface area contributed by atoms with Crippen LogP contribution < -0.4 is 15.4 Å². The number of rotatable bonds is 4. The number of benzene rings is 3. The fraction of sp³-hybridized carbons (Fsp3) is 0.100. The second-order valence-corrected chi connectivity index (χ2v) is 6.23. The largest absolute Gasteiger partial charge is 0.506 e. The second kappa shape index (κ2) is 7.84. The summed E-state index contributed by atoms with van der Waals surface area (Å²) in [6.07, 6.45) is 0. The summed E-state index contributed by atoms with van der Waals surface area (Å²) in [5, 5.41) is 17.4. The molecule has 0 saturated heterocycles. The molecule has 0 aliphatic rings. The fourth-order valence-electron chi connectivity index (χ4n) is 2.47. The maximum atomic E-state index is 12.0. The molecule has 0 fully saturated rings. The van der Waals surface area contributed by atoms with Gasteiger partial charge in [-0.2, -0.15) is 0 Å². The third-order valence-electron chi connectivity index (χ3n) is 3.75. The van der Waals surface area contributed by atoms with E-state index in [9.17, 15) is 9.90 Å². The van der Waals surface area contributed by atoms with Crippen molar-refractivity contribution in [3.63, 3.8) is 0 Å². The van der Waals surface area contributed by atoms with E-state index in [1.165, 1.54) is 0 Å². The van der Waals surface area contributed by atoms with Crippen molar-refractivity contribution >= 4 is 39.7 Å². The van der Waals surface area contributed by atoms with Crippen molar-refractivity contribution < 1.29 is 14.6 Å². The van der Waals surface area contributed by atoms with Crippen LogP contribution in [0.15, 0.2) is 60.7 Å². The fourth-order valence-corrected chi connectivity index (χ4v) is 2.69. The Hall–Kier alpha value is -3.12. The number of hydrogen-bond acceptors (Lipinski definition) is 4. The van der Waals surface area contributed by atoms with E-state index in [-0.39, 0.29) is 23.4 Å². The summed E-state index contributed by atoms with van der Waals surface area (Å²) in [6.45, 7) is 1.70. The lowest BCUT2D eigenvalue weighted by molar-refractivity contribution is -0.121. The molecule has 0 atom stereocenters. The van der Waals surface area contributed by atoms with Crippen LogP contribution in [-0.2, 0) is 4.79 Å². The van der Waals surface area contributed by atoms with Gasteiger partial charge in [0.05, 0.1) is 5.69 Å². The average Bonchev–Trinajstić information content (AvgIpc) is 2.62. The van der Waals surface area contributed by atoms with Gasteiger partial charge in [-0.15, -0.1) is 0 Å². The summed E-state index contributed by atoms with van der Waals surface area (Å²) in [4.78, 5) is 12.0. The molecule has 0 unspecified atom stereocenters. The highest BCUT2D eigenvalue weighted by Gasteiger charge is 2.08. The number of nitrogens with one attached hydrogen (secondary N) is 2. The number of hydrogen-bond donors (Lipinski definition) is 3. The Morgan fingerprint density at radius 1 is 1.08 bits per heavy atom. The molecule has 0 aromatic heterocycles. The van der Waals surface area contributed by atoms with Crippen LogP contribution >= 0.6 is 12.2 Å². The van der Waals surface area contributed by atoms with Crippen molar-refractivity contribution in [1.82, 2.24) is 5.32 Å². The highest BCUT2D eigenvalue weighted by Crippen LogP contribution is 2.23. The molecule has 3 aromatic carbocycles. The number of thiocarbonyl (C=S) groups is 1. The van der Waals surface area contributed by atoms with E-state index < -0.39 is 0 Å². The molecule has 26 heavy (non-hydrogen) atoms. The van der Waals surface area contributed by atoms with Gasteiger partial charge in [-0.05, 0) is 59.7 Å². The molecule has 5 nitrogen and oxygen atoms in total. The molecular weight excluding hydrogens is 348 g/mol. The molecule has 3 aromatic rings. The van der Waals surface area contributed by atoms with Crippen LogP contribution in [0.1, 0.15) is 5.56 Å². The molecule has 0 aliphatic carbocycles.